The molecule has 0 aliphatic carbocycles. The van der Waals surface area contributed by atoms with Crippen molar-refractivity contribution in [1.29, 1.82) is 0 Å². The number of carbonyl (C=O) groups excluding carboxylic acids is 1. The first-order chi connectivity index (χ1) is 12.7. The lowest BCUT2D eigenvalue weighted by molar-refractivity contribution is -0.123. The van der Waals surface area contributed by atoms with Crippen LogP contribution in [0.3, 0.4) is 0 Å². The molecular formula is C18H22FN5O2. The Morgan fingerprint density at radius 3 is 2.81 bits per heavy atom. The van der Waals surface area contributed by atoms with Crippen LogP contribution in [0.2, 0.25) is 0 Å². The fourth-order valence-electron chi connectivity index (χ4n) is 2.71. The third-order valence-corrected chi connectivity index (χ3v) is 4.03. The Labute approximate surface area is 151 Å². The first kappa shape index (κ1) is 17.9. The minimum absolute atomic E-state index is 0.0659. The van der Waals surface area contributed by atoms with Crippen LogP contribution >= 0.6 is 0 Å². The molecule has 1 aliphatic heterocycles. The van der Waals surface area contributed by atoms with Crippen molar-refractivity contribution in [3.05, 3.63) is 42.5 Å². The third kappa shape index (κ3) is 5.05. The van der Waals surface area contributed by atoms with Gasteiger partial charge in [-0.05, 0) is 25.0 Å². The Hall–Kier alpha value is -2.90. The largest absolute Gasteiger partial charge is 0.481 e. The molecule has 2 heterocycles. The van der Waals surface area contributed by atoms with Gasteiger partial charge in [0.1, 0.15) is 18.0 Å². The number of nitrogens with zero attached hydrogens (tertiary/aromatic N) is 3. The number of aromatic nitrogens is 2. The maximum atomic E-state index is 13.4. The number of hydrogen-bond donors (Lipinski definition) is 2. The Morgan fingerprint density at radius 2 is 2.00 bits per heavy atom. The molecule has 1 aromatic heterocycles. The van der Waals surface area contributed by atoms with Gasteiger partial charge in [0.15, 0.2) is 18.2 Å². The maximum absolute atomic E-state index is 13.4. The van der Waals surface area contributed by atoms with Crippen LogP contribution in [-0.2, 0) is 4.79 Å². The number of benzene rings is 1. The van der Waals surface area contributed by atoms with E-state index in [0.29, 0.717) is 13.1 Å². The normalized spacial score (nSPS) is 13.5. The van der Waals surface area contributed by atoms with Gasteiger partial charge in [0.25, 0.3) is 5.91 Å². The van der Waals surface area contributed by atoms with Crippen LogP contribution in [0.15, 0.2) is 36.7 Å². The second-order valence-electron chi connectivity index (χ2n) is 5.95. The van der Waals surface area contributed by atoms with Crippen molar-refractivity contribution < 1.29 is 13.9 Å². The summed E-state index contributed by atoms with van der Waals surface area (Å²) in [5, 5.41) is 5.86. The van der Waals surface area contributed by atoms with Gasteiger partial charge in [0.05, 0.1) is 0 Å². The number of carbonyl (C=O) groups is 1. The van der Waals surface area contributed by atoms with Crippen molar-refractivity contribution in [2.24, 2.45) is 0 Å². The van der Waals surface area contributed by atoms with Crippen LogP contribution in [0, 0.1) is 5.82 Å². The van der Waals surface area contributed by atoms with Gasteiger partial charge >= 0.3 is 0 Å². The van der Waals surface area contributed by atoms with Crippen LogP contribution < -0.4 is 20.3 Å². The van der Waals surface area contributed by atoms with Crippen molar-refractivity contribution in [1.82, 2.24) is 15.3 Å². The number of nitrogens with one attached hydrogen (secondary N) is 2. The molecule has 0 saturated carbocycles. The summed E-state index contributed by atoms with van der Waals surface area (Å²) >= 11 is 0. The van der Waals surface area contributed by atoms with Crippen LogP contribution in [0.25, 0.3) is 0 Å². The summed E-state index contributed by atoms with van der Waals surface area (Å²) in [6.07, 6.45) is 3.91. The minimum Gasteiger partial charge on any atom is -0.481 e. The number of ether oxygens (including phenoxy) is 1. The molecule has 1 amide bonds. The standard InChI is InChI=1S/C18H22FN5O2/c19-14-5-1-2-6-15(14)26-12-18(25)21-8-7-20-16-11-17(23-13-22-16)24-9-3-4-10-24/h1-2,5-6,11,13H,3-4,7-10,12H2,(H,21,25)(H,20,22,23). The van der Waals surface area contributed by atoms with E-state index in [4.69, 9.17) is 4.74 Å². The molecular weight excluding hydrogens is 337 g/mol. The molecule has 3 rings (SSSR count). The zero-order valence-electron chi connectivity index (χ0n) is 14.4. The van der Waals surface area contributed by atoms with E-state index >= 15 is 0 Å². The first-order valence-electron chi connectivity index (χ1n) is 8.67. The monoisotopic (exact) mass is 359 g/mol. The van der Waals surface area contributed by atoms with E-state index < -0.39 is 5.82 Å². The van der Waals surface area contributed by atoms with Gasteiger partial charge in [-0.3, -0.25) is 4.79 Å². The van der Waals surface area contributed by atoms with Crippen molar-refractivity contribution in [3.8, 4) is 5.75 Å². The number of rotatable bonds is 8. The molecule has 2 N–H and O–H groups in total. The zero-order chi connectivity index (χ0) is 18.2. The summed E-state index contributed by atoms with van der Waals surface area (Å²) in [4.78, 5) is 22.5. The highest BCUT2D eigenvalue weighted by atomic mass is 19.1. The molecule has 7 nitrogen and oxygen atoms in total. The number of amides is 1. The highest BCUT2D eigenvalue weighted by Crippen LogP contribution is 2.19. The SMILES string of the molecule is O=C(COc1ccccc1F)NCCNc1cc(N2CCCC2)ncn1. The first-order valence-corrected chi connectivity index (χ1v) is 8.67. The molecule has 1 fully saturated rings. The predicted octanol–water partition coefficient (Wildman–Crippen LogP) is 1.82. The molecule has 0 atom stereocenters. The molecule has 1 aromatic carbocycles. The van der Waals surface area contributed by atoms with Crippen molar-refractivity contribution in [2.45, 2.75) is 12.8 Å². The minimum atomic E-state index is -0.487. The van der Waals surface area contributed by atoms with Gasteiger partial charge in [0.2, 0.25) is 0 Å². The Kier molecular flexibility index (Phi) is 6.19. The zero-order valence-corrected chi connectivity index (χ0v) is 14.4. The Morgan fingerprint density at radius 1 is 1.19 bits per heavy atom. The molecule has 2 aromatic rings. The van der Waals surface area contributed by atoms with E-state index in [-0.39, 0.29) is 18.3 Å². The van der Waals surface area contributed by atoms with E-state index in [1.165, 1.54) is 31.3 Å². The van der Waals surface area contributed by atoms with E-state index in [9.17, 15) is 9.18 Å². The topological polar surface area (TPSA) is 79.4 Å². The molecule has 0 spiro atoms. The van der Waals surface area contributed by atoms with Crippen LogP contribution in [0.4, 0.5) is 16.0 Å². The number of halogens is 1. The van der Waals surface area contributed by atoms with Gasteiger partial charge in [0, 0.05) is 32.2 Å². The number of para-hydroxylation sites is 1. The maximum Gasteiger partial charge on any atom is 0.258 e. The number of hydrogen-bond acceptors (Lipinski definition) is 6. The van der Waals surface area contributed by atoms with E-state index in [0.717, 1.165) is 24.7 Å². The summed E-state index contributed by atoms with van der Waals surface area (Å²) in [6, 6.07) is 7.90. The summed E-state index contributed by atoms with van der Waals surface area (Å²) < 4.78 is 18.5. The Bertz CT molecular complexity index is 737. The van der Waals surface area contributed by atoms with Crippen molar-refractivity contribution in [2.75, 3.05) is 43.0 Å². The van der Waals surface area contributed by atoms with Gasteiger partial charge in [-0.2, -0.15) is 0 Å². The fourth-order valence-corrected chi connectivity index (χ4v) is 2.71. The van der Waals surface area contributed by atoms with Crippen LogP contribution in [-0.4, -0.2) is 48.7 Å². The third-order valence-electron chi connectivity index (χ3n) is 4.03. The van der Waals surface area contributed by atoms with E-state index in [1.54, 1.807) is 12.1 Å². The van der Waals surface area contributed by atoms with Gasteiger partial charge < -0.3 is 20.3 Å². The predicted molar refractivity (Wildman–Crippen MR) is 96.9 cm³/mol. The van der Waals surface area contributed by atoms with Crippen molar-refractivity contribution in [3.63, 3.8) is 0 Å². The molecule has 0 bridgehead atoms. The molecule has 26 heavy (non-hydrogen) atoms. The van der Waals surface area contributed by atoms with Gasteiger partial charge in [-0.15, -0.1) is 0 Å². The second-order valence-corrected chi connectivity index (χ2v) is 5.95. The van der Waals surface area contributed by atoms with E-state index in [1.807, 2.05) is 6.07 Å². The van der Waals surface area contributed by atoms with Gasteiger partial charge in [-0.1, -0.05) is 12.1 Å². The summed E-state index contributed by atoms with van der Waals surface area (Å²) in [6.45, 7) is 2.74. The Balaban J connectivity index is 1.36. The quantitative estimate of drug-likeness (QED) is 0.700. The second kappa shape index (κ2) is 8.98. The van der Waals surface area contributed by atoms with Gasteiger partial charge in [-0.25, -0.2) is 14.4 Å². The lowest BCUT2D eigenvalue weighted by Crippen LogP contribution is -2.32. The molecule has 8 heteroatoms. The highest BCUT2D eigenvalue weighted by molar-refractivity contribution is 5.77. The molecule has 1 saturated heterocycles. The molecule has 138 valence electrons. The summed E-state index contributed by atoms with van der Waals surface area (Å²) in [7, 11) is 0. The average Bonchev–Trinajstić information content (AvgIpc) is 3.20. The smallest absolute Gasteiger partial charge is 0.258 e. The number of anilines is 2. The molecule has 0 unspecified atom stereocenters. The lowest BCUT2D eigenvalue weighted by atomic mass is 10.3. The van der Waals surface area contributed by atoms with E-state index in [2.05, 4.69) is 25.5 Å². The molecule has 0 radical (unpaired) electrons. The lowest BCUT2D eigenvalue weighted by Gasteiger charge is -2.16. The highest BCUT2D eigenvalue weighted by Gasteiger charge is 2.13. The summed E-state index contributed by atoms with van der Waals surface area (Å²) in [5.74, 6) is 0.910. The molecule has 1 aliphatic rings. The summed E-state index contributed by atoms with van der Waals surface area (Å²) in [5.41, 5.74) is 0. The average molecular weight is 359 g/mol. The fraction of sp³-hybridized carbons (Fsp3) is 0.389. The van der Waals surface area contributed by atoms with Crippen LogP contribution in [0.5, 0.6) is 5.75 Å². The van der Waals surface area contributed by atoms with Crippen LogP contribution in [0.1, 0.15) is 12.8 Å². The van der Waals surface area contributed by atoms with Crippen molar-refractivity contribution >= 4 is 17.5 Å².